The summed E-state index contributed by atoms with van der Waals surface area (Å²) in [5.41, 5.74) is 2.66. The molecule has 2 aromatic carbocycles. The highest BCUT2D eigenvalue weighted by atomic mass is 16.5. The van der Waals surface area contributed by atoms with E-state index in [9.17, 15) is 5.11 Å². The van der Waals surface area contributed by atoms with E-state index < -0.39 is 0 Å². The zero-order valence-corrected chi connectivity index (χ0v) is 11.0. The van der Waals surface area contributed by atoms with Gasteiger partial charge in [0.15, 0.2) is 0 Å². The number of phenols is 1. The van der Waals surface area contributed by atoms with Crippen LogP contribution in [0.25, 0.3) is 10.9 Å². The summed E-state index contributed by atoms with van der Waals surface area (Å²) in [6, 6.07) is 14.7. The number of pyridine rings is 1. The summed E-state index contributed by atoms with van der Waals surface area (Å²) in [7, 11) is 1.64. The molecule has 0 radical (unpaired) electrons. The summed E-state index contributed by atoms with van der Waals surface area (Å²) in [5, 5.41) is 13.6. The van der Waals surface area contributed by atoms with Crippen LogP contribution < -0.4 is 10.1 Å². The van der Waals surface area contributed by atoms with Crippen LogP contribution in [-0.2, 0) is 0 Å². The van der Waals surface area contributed by atoms with Crippen LogP contribution in [0.4, 0.5) is 11.4 Å². The van der Waals surface area contributed by atoms with Crippen molar-refractivity contribution in [3.05, 3.63) is 54.7 Å². The smallest absolute Gasteiger partial charge is 0.145 e. The van der Waals surface area contributed by atoms with Crippen molar-refractivity contribution in [3.63, 3.8) is 0 Å². The van der Waals surface area contributed by atoms with Crippen molar-refractivity contribution >= 4 is 22.3 Å². The zero-order chi connectivity index (χ0) is 13.9. The number of anilines is 2. The lowest BCUT2D eigenvalue weighted by molar-refractivity contribution is 0.419. The second kappa shape index (κ2) is 5.09. The van der Waals surface area contributed by atoms with Gasteiger partial charge in [-0.1, -0.05) is 12.1 Å². The molecule has 0 spiro atoms. The van der Waals surface area contributed by atoms with Crippen molar-refractivity contribution in [2.24, 2.45) is 0 Å². The second-order valence-corrected chi connectivity index (χ2v) is 4.39. The summed E-state index contributed by atoms with van der Waals surface area (Å²) < 4.78 is 5.33. The van der Waals surface area contributed by atoms with Gasteiger partial charge in [-0.15, -0.1) is 0 Å². The van der Waals surface area contributed by atoms with E-state index in [0.29, 0.717) is 0 Å². The molecule has 4 heteroatoms. The Morgan fingerprint density at radius 1 is 1.05 bits per heavy atom. The van der Waals surface area contributed by atoms with E-state index in [2.05, 4.69) is 10.3 Å². The van der Waals surface area contributed by atoms with Crippen molar-refractivity contribution in [1.82, 2.24) is 4.98 Å². The van der Waals surface area contributed by atoms with Gasteiger partial charge in [0.2, 0.25) is 0 Å². The predicted octanol–water partition coefficient (Wildman–Crippen LogP) is 3.69. The fourth-order valence-corrected chi connectivity index (χ4v) is 2.12. The van der Waals surface area contributed by atoms with Gasteiger partial charge >= 0.3 is 0 Å². The molecule has 0 bridgehead atoms. The SMILES string of the molecule is COc1cccc2c(Nc3ccc(O)cc3)ccnc12. The van der Waals surface area contributed by atoms with E-state index in [1.807, 2.05) is 36.4 Å². The first kappa shape index (κ1) is 12.3. The molecule has 1 aromatic heterocycles. The Kier molecular flexibility index (Phi) is 3.13. The van der Waals surface area contributed by atoms with Crippen molar-refractivity contribution < 1.29 is 9.84 Å². The van der Waals surface area contributed by atoms with Gasteiger partial charge in [-0.25, -0.2) is 0 Å². The Morgan fingerprint density at radius 3 is 2.60 bits per heavy atom. The highest BCUT2D eigenvalue weighted by molar-refractivity contribution is 5.96. The van der Waals surface area contributed by atoms with Crippen LogP contribution in [0.2, 0.25) is 0 Å². The molecule has 0 amide bonds. The van der Waals surface area contributed by atoms with Crippen LogP contribution >= 0.6 is 0 Å². The first-order valence-electron chi connectivity index (χ1n) is 6.26. The lowest BCUT2D eigenvalue weighted by Gasteiger charge is -2.11. The van der Waals surface area contributed by atoms with Crippen molar-refractivity contribution in [1.29, 1.82) is 0 Å². The number of aromatic hydroxyl groups is 1. The first-order chi connectivity index (χ1) is 9.78. The molecule has 100 valence electrons. The van der Waals surface area contributed by atoms with Gasteiger partial charge in [-0.3, -0.25) is 4.98 Å². The Balaban J connectivity index is 2.05. The van der Waals surface area contributed by atoms with E-state index in [1.54, 1.807) is 25.4 Å². The Hall–Kier alpha value is -2.75. The number of para-hydroxylation sites is 1. The average molecular weight is 266 g/mol. The summed E-state index contributed by atoms with van der Waals surface area (Å²) in [6.45, 7) is 0. The summed E-state index contributed by atoms with van der Waals surface area (Å²) in [6.07, 6.45) is 1.74. The number of methoxy groups -OCH3 is 1. The number of nitrogens with one attached hydrogen (secondary N) is 1. The van der Waals surface area contributed by atoms with E-state index in [-0.39, 0.29) is 5.75 Å². The van der Waals surface area contributed by atoms with Crippen LogP contribution in [0.5, 0.6) is 11.5 Å². The highest BCUT2D eigenvalue weighted by Gasteiger charge is 2.06. The third kappa shape index (κ3) is 2.23. The maximum Gasteiger partial charge on any atom is 0.145 e. The molecular formula is C16H14N2O2. The average Bonchev–Trinajstić information content (AvgIpc) is 2.49. The number of hydrogen-bond donors (Lipinski definition) is 2. The molecule has 0 aliphatic heterocycles. The number of hydrogen-bond acceptors (Lipinski definition) is 4. The number of fused-ring (bicyclic) bond motifs is 1. The number of aromatic nitrogens is 1. The number of rotatable bonds is 3. The predicted molar refractivity (Wildman–Crippen MR) is 79.7 cm³/mol. The Morgan fingerprint density at radius 2 is 1.85 bits per heavy atom. The van der Waals surface area contributed by atoms with E-state index >= 15 is 0 Å². The molecule has 3 rings (SSSR count). The molecule has 2 N–H and O–H groups in total. The summed E-state index contributed by atoms with van der Waals surface area (Å²) in [5.74, 6) is 0.994. The van der Waals surface area contributed by atoms with Gasteiger partial charge in [0, 0.05) is 23.0 Å². The van der Waals surface area contributed by atoms with Crippen molar-refractivity contribution in [3.8, 4) is 11.5 Å². The maximum absolute atomic E-state index is 9.31. The molecule has 0 atom stereocenters. The zero-order valence-electron chi connectivity index (χ0n) is 11.0. The van der Waals surface area contributed by atoms with Crippen molar-refractivity contribution in [2.45, 2.75) is 0 Å². The van der Waals surface area contributed by atoms with Gasteiger partial charge in [-0.05, 0) is 36.4 Å². The topological polar surface area (TPSA) is 54.4 Å². The first-order valence-corrected chi connectivity index (χ1v) is 6.26. The normalized spacial score (nSPS) is 10.4. The highest BCUT2D eigenvalue weighted by Crippen LogP contribution is 2.30. The van der Waals surface area contributed by atoms with Crippen LogP contribution in [0, 0.1) is 0 Å². The molecule has 0 fully saturated rings. The lowest BCUT2D eigenvalue weighted by Crippen LogP contribution is -1.94. The third-order valence-electron chi connectivity index (χ3n) is 3.10. The number of phenolic OH excluding ortho intramolecular Hbond substituents is 1. The fourth-order valence-electron chi connectivity index (χ4n) is 2.12. The van der Waals surface area contributed by atoms with Crippen LogP contribution in [0.15, 0.2) is 54.7 Å². The molecular weight excluding hydrogens is 252 g/mol. The minimum Gasteiger partial charge on any atom is -0.508 e. The molecule has 1 heterocycles. The van der Waals surface area contributed by atoms with E-state index in [1.165, 1.54) is 0 Å². The molecule has 4 nitrogen and oxygen atoms in total. The minimum absolute atomic E-state index is 0.247. The van der Waals surface area contributed by atoms with Crippen LogP contribution in [-0.4, -0.2) is 17.2 Å². The monoisotopic (exact) mass is 266 g/mol. The molecule has 3 aromatic rings. The molecule has 0 saturated heterocycles. The van der Waals surface area contributed by atoms with Gasteiger partial charge in [0.1, 0.15) is 17.0 Å². The van der Waals surface area contributed by atoms with Crippen LogP contribution in [0.1, 0.15) is 0 Å². The van der Waals surface area contributed by atoms with Gasteiger partial charge in [0.05, 0.1) is 7.11 Å². The largest absolute Gasteiger partial charge is 0.508 e. The van der Waals surface area contributed by atoms with Crippen molar-refractivity contribution in [2.75, 3.05) is 12.4 Å². The number of benzene rings is 2. The number of nitrogens with zero attached hydrogens (tertiary/aromatic N) is 1. The lowest BCUT2D eigenvalue weighted by atomic mass is 10.1. The molecule has 0 aliphatic carbocycles. The van der Waals surface area contributed by atoms with E-state index in [0.717, 1.165) is 28.0 Å². The Bertz CT molecular complexity index is 739. The summed E-state index contributed by atoms with van der Waals surface area (Å²) in [4.78, 5) is 4.36. The maximum atomic E-state index is 9.31. The molecule has 0 saturated carbocycles. The molecule has 0 unspecified atom stereocenters. The number of ether oxygens (including phenoxy) is 1. The summed E-state index contributed by atoms with van der Waals surface area (Å²) >= 11 is 0. The van der Waals surface area contributed by atoms with Gasteiger partial charge in [-0.2, -0.15) is 0 Å². The molecule has 0 aliphatic rings. The fraction of sp³-hybridized carbons (Fsp3) is 0.0625. The minimum atomic E-state index is 0.247. The van der Waals surface area contributed by atoms with Gasteiger partial charge < -0.3 is 15.2 Å². The van der Waals surface area contributed by atoms with Gasteiger partial charge in [0.25, 0.3) is 0 Å². The quantitative estimate of drug-likeness (QED) is 0.710. The third-order valence-corrected chi connectivity index (χ3v) is 3.10. The standard InChI is InChI=1S/C16H14N2O2/c1-20-15-4-2-3-13-14(9-10-17-16(13)15)18-11-5-7-12(19)8-6-11/h2-10,19H,1H3,(H,17,18). The van der Waals surface area contributed by atoms with E-state index in [4.69, 9.17) is 4.74 Å². The Labute approximate surface area is 116 Å². The second-order valence-electron chi connectivity index (χ2n) is 4.39. The molecule has 20 heavy (non-hydrogen) atoms. The van der Waals surface area contributed by atoms with Crippen LogP contribution in [0.3, 0.4) is 0 Å².